The highest BCUT2D eigenvalue weighted by atomic mass is 32.2. The number of pyridine rings is 1. The highest BCUT2D eigenvalue weighted by Gasteiger charge is 2.19. The topological polar surface area (TPSA) is 68.3 Å². The lowest BCUT2D eigenvalue weighted by molar-refractivity contribution is 0.411. The summed E-state index contributed by atoms with van der Waals surface area (Å²) in [4.78, 5) is 4.26. The van der Waals surface area contributed by atoms with E-state index in [-0.39, 0.29) is 4.90 Å². The molecule has 0 atom stereocenters. The average Bonchev–Trinajstić information content (AvgIpc) is 2.66. The molecule has 1 N–H and O–H groups in total. The van der Waals surface area contributed by atoms with Gasteiger partial charge in [-0.2, -0.15) is 0 Å². The van der Waals surface area contributed by atoms with Gasteiger partial charge in [-0.1, -0.05) is 12.1 Å². The fourth-order valence-corrected chi connectivity index (χ4v) is 4.28. The van der Waals surface area contributed by atoms with Gasteiger partial charge in [-0.15, -0.1) is 0 Å². The Balaban J connectivity index is 1.79. The third kappa shape index (κ3) is 4.28. The monoisotopic (exact) mass is 382 g/mol. The standard InChI is InChI=1S/C21H22N2O3S/c1-15-16(2)21(9-8-20(15)26-3)27(24,25)23-19-6-4-17(5-7-19)14-18-10-12-22-13-11-18/h4-13,23H,14H2,1-3H3. The van der Waals surface area contributed by atoms with Gasteiger partial charge in [-0.05, 0) is 78.9 Å². The summed E-state index contributed by atoms with van der Waals surface area (Å²) >= 11 is 0. The van der Waals surface area contributed by atoms with Crippen LogP contribution in [-0.2, 0) is 16.4 Å². The lowest BCUT2D eigenvalue weighted by Crippen LogP contribution is -2.15. The van der Waals surface area contributed by atoms with E-state index in [1.54, 1.807) is 50.7 Å². The average molecular weight is 382 g/mol. The van der Waals surface area contributed by atoms with E-state index >= 15 is 0 Å². The SMILES string of the molecule is COc1ccc(S(=O)(=O)Nc2ccc(Cc3ccncc3)cc2)c(C)c1C. The van der Waals surface area contributed by atoms with Crippen LogP contribution in [0.15, 0.2) is 65.8 Å². The van der Waals surface area contributed by atoms with Crippen molar-refractivity contribution in [3.05, 3.63) is 83.2 Å². The first-order chi connectivity index (χ1) is 12.9. The molecule has 3 rings (SSSR count). The van der Waals surface area contributed by atoms with Crippen LogP contribution < -0.4 is 9.46 Å². The first-order valence-electron chi connectivity index (χ1n) is 8.55. The first kappa shape index (κ1) is 18.9. The largest absolute Gasteiger partial charge is 0.496 e. The normalized spacial score (nSPS) is 11.2. The molecule has 0 saturated carbocycles. The Morgan fingerprint density at radius 1 is 0.889 bits per heavy atom. The number of methoxy groups -OCH3 is 1. The number of hydrogen-bond donors (Lipinski definition) is 1. The fraction of sp³-hybridized carbons (Fsp3) is 0.190. The first-order valence-corrected chi connectivity index (χ1v) is 10.0. The van der Waals surface area contributed by atoms with Crippen molar-refractivity contribution < 1.29 is 13.2 Å². The lowest BCUT2D eigenvalue weighted by Gasteiger charge is -2.14. The van der Waals surface area contributed by atoms with Crippen LogP contribution in [0.4, 0.5) is 5.69 Å². The quantitative estimate of drug-likeness (QED) is 0.697. The Hall–Kier alpha value is -2.86. The van der Waals surface area contributed by atoms with Crippen LogP contribution in [0, 0.1) is 13.8 Å². The highest BCUT2D eigenvalue weighted by molar-refractivity contribution is 7.92. The second-order valence-corrected chi connectivity index (χ2v) is 8.00. The summed E-state index contributed by atoms with van der Waals surface area (Å²) in [6.07, 6.45) is 4.29. The molecule has 0 amide bonds. The summed E-state index contributed by atoms with van der Waals surface area (Å²) in [6, 6.07) is 14.6. The van der Waals surface area contributed by atoms with Gasteiger partial charge < -0.3 is 4.74 Å². The van der Waals surface area contributed by atoms with Crippen molar-refractivity contribution in [1.29, 1.82) is 0 Å². The van der Waals surface area contributed by atoms with Crippen molar-refractivity contribution in [3.8, 4) is 5.75 Å². The van der Waals surface area contributed by atoms with Crippen LogP contribution >= 0.6 is 0 Å². The molecule has 0 spiro atoms. The van der Waals surface area contributed by atoms with Crippen LogP contribution in [0.5, 0.6) is 5.75 Å². The third-order valence-electron chi connectivity index (χ3n) is 4.56. The van der Waals surface area contributed by atoms with Gasteiger partial charge >= 0.3 is 0 Å². The summed E-state index contributed by atoms with van der Waals surface area (Å²) in [5, 5.41) is 0. The number of aromatic nitrogens is 1. The summed E-state index contributed by atoms with van der Waals surface area (Å²) < 4.78 is 33.5. The molecule has 0 bridgehead atoms. The molecule has 3 aromatic rings. The Bertz CT molecular complexity index is 1030. The minimum Gasteiger partial charge on any atom is -0.496 e. The number of hydrogen-bond acceptors (Lipinski definition) is 4. The molecule has 0 aliphatic rings. The van der Waals surface area contributed by atoms with Crippen LogP contribution in [0.2, 0.25) is 0 Å². The van der Waals surface area contributed by atoms with Crippen molar-refractivity contribution in [3.63, 3.8) is 0 Å². The molecule has 1 aromatic heterocycles. The van der Waals surface area contributed by atoms with E-state index in [0.717, 1.165) is 23.1 Å². The van der Waals surface area contributed by atoms with Gasteiger partial charge in [0.25, 0.3) is 10.0 Å². The van der Waals surface area contributed by atoms with Gasteiger partial charge in [0.2, 0.25) is 0 Å². The maximum atomic E-state index is 12.8. The Morgan fingerprint density at radius 2 is 1.52 bits per heavy atom. The van der Waals surface area contributed by atoms with Crippen LogP contribution in [0.25, 0.3) is 0 Å². The number of anilines is 1. The van der Waals surface area contributed by atoms with Crippen molar-refractivity contribution in [2.24, 2.45) is 0 Å². The molecule has 140 valence electrons. The molecule has 1 heterocycles. The second-order valence-electron chi connectivity index (χ2n) is 6.35. The predicted octanol–water partition coefficient (Wildman–Crippen LogP) is 4.10. The molecule has 0 aliphatic carbocycles. The molecule has 27 heavy (non-hydrogen) atoms. The van der Waals surface area contributed by atoms with Gasteiger partial charge in [0.1, 0.15) is 5.75 Å². The van der Waals surface area contributed by atoms with E-state index in [1.165, 1.54) is 0 Å². The molecule has 0 radical (unpaired) electrons. The predicted molar refractivity (Wildman–Crippen MR) is 107 cm³/mol. The van der Waals surface area contributed by atoms with E-state index in [2.05, 4.69) is 9.71 Å². The van der Waals surface area contributed by atoms with Gasteiger partial charge in [0.15, 0.2) is 0 Å². The minimum atomic E-state index is -3.68. The Labute approximate surface area is 160 Å². The van der Waals surface area contributed by atoms with Gasteiger partial charge in [0.05, 0.1) is 12.0 Å². The fourth-order valence-electron chi connectivity index (χ4n) is 2.92. The van der Waals surface area contributed by atoms with E-state index in [4.69, 9.17) is 4.74 Å². The van der Waals surface area contributed by atoms with Crippen molar-refractivity contribution in [2.45, 2.75) is 25.2 Å². The minimum absolute atomic E-state index is 0.252. The van der Waals surface area contributed by atoms with Crippen LogP contribution in [0.1, 0.15) is 22.3 Å². The number of rotatable bonds is 6. The Kier molecular flexibility index (Phi) is 5.46. The molecule has 0 aliphatic heterocycles. The van der Waals surface area contributed by atoms with E-state index in [9.17, 15) is 8.42 Å². The molecule has 0 fully saturated rings. The van der Waals surface area contributed by atoms with E-state index in [1.807, 2.05) is 31.2 Å². The molecule has 2 aromatic carbocycles. The van der Waals surface area contributed by atoms with Crippen molar-refractivity contribution >= 4 is 15.7 Å². The molecule has 6 heteroatoms. The smallest absolute Gasteiger partial charge is 0.262 e. The van der Waals surface area contributed by atoms with Crippen LogP contribution in [0.3, 0.4) is 0 Å². The molecule has 0 unspecified atom stereocenters. The van der Waals surface area contributed by atoms with Crippen molar-refractivity contribution in [1.82, 2.24) is 4.98 Å². The van der Waals surface area contributed by atoms with Gasteiger partial charge in [-0.3, -0.25) is 9.71 Å². The number of nitrogens with one attached hydrogen (secondary N) is 1. The zero-order valence-electron chi connectivity index (χ0n) is 15.6. The van der Waals surface area contributed by atoms with E-state index < -0.39 is 10.0 Å². The zero-order valence-corrected chi connectivity index (χ0v) is 16.4. The van der Waals surface area contributed by atoms with Crippen LogP contribution in [-0.4, -0.2) is 20.5 Å². The number of nitrogens with zero attached hydrogens (tertiary/aromatic N) is 1. The molecule has 5 nitrogen and oxygen atoms in total. The maximum Gasteiger partial charge on any atom is 0.262 e. The van der Waals surface area contributed by atoms with Gasteiger partial charge in [0, 0.05) is 18.1 Å². The second kappa shape index (κ2) is 7.80. The lowest BCUT2D eigenvalue weighted by atomic mass is 10.1. The Morgan fingerprint density at radius 3 is 2.15 bits per heavy atom. The molecular weight excluding hydrogens is 360 g/mol. The van der Waals surface area contributed by atoms with Gasteiger partial charge in [-0.25, -0.2) is 8.42 Å². The van der Waals surface area contributed by atoms with E-state index in [0.29, 0.717) is 17.0 Å². The summed E-state index contributed by atoms with van der Waals surface area (Å²) in [5.41, 5.74) is 4.27. The number of sulfonamides is 1. The third-order valence-corrected chi connectivity index (χ3v) is 6.09. The maximum absolute atomic E-state index is 12.8. The summed E-state index contributed by atoms with van der Waals surface area (Å²) in [5.74, 6) is 0.673. The highest BCUT2D eigenvalue weighted by Crippen LogP contribution is 2.28. The molecule has 0 saturated heterocycles. The summed E-state index contributed by atoms with van der Waals surface area (Å²) in [6.45, 7) is 3.63. The van der Waals surface area contributed by atoms with Crippen molar-refractivity contribution in [2.75, 3.05) is 11.8 Å². The number of ether oxygens (including phenoxy) is 1. The number of benzene rings is 2. The zero-order chi connectivity index (χ0) is 19.4. The molecular formula is C21H22N2O3S. The summed E-state index contributed by atoms with van der Waals surface area (Å²) in [7, 11) is -2.11.